The Morgan fingerprint density at radius 1 is 1.55 bits per heavy atom. The van der Waals surface area contributed by atoms with E-state index in [1.165, 1.54) is 0 Å². The van der Waals surface area contributed by atoms with Crippen LogP contribution in [0.25, 0.3) is 11.1 Å². The summed E-state index contributed by atoms with van der Waals surface area (Å²) in [4.78, 5) is 17.6. The van der Waals surface area contributed by atoms with E-state index in [1.807, 2.05) is 0 Å². The molecule has 0 radical (unpaired) electrons. The lowest BCUT2D eigenvalue weighted by Gasteiger charge is -2.13. The zero-order valence-electron chi connectivity index (χ0n) is 11.5. The van der Waals surface area contributed by atoms with Gasteiger partial charge in [0.25, 0.3) is 6.01 Å². The second-order valence-electron chi connectivity index (χ2n) is 4.42. The highest BCUT2D eigenvalue weighted by atomic mass is 16.5. The summed E-state index contributed by atoms with van der Waals surface area (Å²) in [6.45, 7) is 1.12. The van der Waals surface area contributed by atoms with Gasteiger partial charge < -0.3 is 25.1 Å². The van der Waals surface area contributed by atoms with Crippen molar-refractivity contribution in [3.05, 3.63) is 18.2 Å². The number of ether oxygens (including phenoxy) is 1. The van der Waals surface area contributed by atoms with E-state index in [-0.39, 0.29) is 12.5 Å². The molecule has 3 N–H and O–H groups in total. The molecule has 0 unspecified atom stereocenters. The smallest absolute Gasteiger partial charge is 0.298 e. The molecular weight excluding hydrogens is 260 g/mol. The molecule has 0 aliphatic carbocycles. The summed E-state index contributed by atoms with van der Waals surface area (Å²) in [5.74, 6) is -0.119. The number of rotatable bonds is 6. The molecule has 2 rings (SSSR count). The van der Waals surface area contributed by atoms with E-state index in [9.17, 15) is 4.79 Å². The minimum atomic E-state index is -0.119. The fourth-order valence-corrected chi connectivity index (χ4v) is 1.72. The number of hydrogen-bond acceptors (Lipinski definition) is 6. The number of methoxy groups -OCH3 is 1. The first kappa shape index (κ1) is 14.1. The zero-order valence-corrected chi connectivity index (χ0v) is 11.5. The number of fused-ring (bicyclic) bond motifs is 1. The SMILES string of the molecule is COCCNC(=O)CN(C)c1nc2ccc(N)cc2o1. The maximum absolute atomic E-state index is 11.7. The third kappa shape index (κ3) is 3.39. The third-order valence-corrected chi connectivity index (χ3v) is 2.74. The minimum absolute atomic E-state index is 0.119. The number of amides is 1. The molecule has 0 fully saturated rings. The first-order valence-electron chi connectivity index (χ1n) is 6.23. The van der Waals surface area contributed by atoms with Crippen LogP contribution in [-0.4, -0.2) is 44.7 Å². The number of likely N-dealkylation sites (N-methyl/N-ethyl adjacent to an activating group) is 1. The number of hydrogen-bond donors (Lipinski definition) is 2. The molecule has 7 nitrogen and oxygen atoms in total. The van der Waals surface area contributed by atoms with E-state index >= 15 is 0 Å². The van der Waals surface area contributed by atoms with Crippen LogP contribution in [0.1, 0.15) is 0 Å². The number of nitrogen functional groups attached to an aromatic ring is 1. The van der Waals surface area contributed by atoms with Crippen molar-refractivity contribution in [3.8, 4) is 0 Å². The number of carbonyl (C=O) groups is 1. The number of nitrogens with zero attached hydrogens (tertiary/aromatic N) is 2. The van der Waals surface area contributed by atoms with Crippen LogP contribution in [0.3, 0.4) is 0 Å². The Morgan fingerprint density at radius 3 is 3.10 bits per heavy atom. The van der Waals surface area contributed by atoms with Crippen LogP contribution in [0.15, 0.2) is 22.6 Å². The van der Waals surface area contributed by atoms with Crippen molar-refractivity contribution in [2.75, 3.05) is 44.5 Å². The molecular formula is C13H18N4O3. The average Bonchev–Trinajstić information content (AvgIpc) is 2.82. The maximum Gasteiger partial charge on any atom is 0.298 e. The molecule has 0 saturated carbocycles. The van der Waals surface area contributed by atoms with Gasteiger partial charge in [0.1, 0.15) is 12.1 Å². The van der Waals surface area contributed by atoms with Crippen LogP contribution < -0.4 is 16.0 Å². The highest BCUT2D eigenvalue weighted by Gasteiger charge is 2.13. The number of carbonyl (C=O) groups excluding carboxylic acids is 1. The van der Waals surface area contributed by atoms with Gasteiger partial charge in [-0.05, 0) is 12.1 Å². The Labute approximate surface area is 116 Å². The van der Waals surface area contributed by atoms with Gasteiger partial charge in [0.05, 0.1) is 6.61 Å². The number of aromatic nitrogens is 1. The predicted octanol–water partition coefficient (Wildman–Crippen LogP) is 0.609. The molecule has 7 heteroatoms. The Kier molecular flexibility index (Phi) is 4.41. The van der Waals surface area contributed by atoms with Crippen molar-refractivity contribution in [2.24, 2.45) is 0 Å². The van der Waals surface area contributed by atoms with Crippen LogP contribution in [-0.2, 0) is 9.53 Å². The maximum atomic E-state index is 11.7. The van der Waals surface area contributed by atoms with Gasteiger partial charge in [-0.1, -0.05) is 0 Å². The van der Waals surface area contributed by atoms with E-state index < -0.39 is 0 Å². The molecule has 0 spiro atoms. The van der Waals surface area contributed by atoms with Gasteiger partial charge >= 0.3 is 0 Å². The van der Waals surface area contributed by atoms with Crippen molar-refractivity contribution in [3.63, 3.8) is 0 Å². The van der Waals surface area contributed by atoms with Crippen molar-refractivity contribution >= 4 is 28.7 Å². The molecule has 1 aromatic carbocycles. The summed E-state index contributed by atoms with van der Waals surface area (Å²) in [6, 6.07) is 5.63. The minimum Gasteiger partial charge on any atom is -0.423 e. The van der Waals surface area contributed by atoms with Crippen molar-refractivity contribution < 1.29 is 13.9 Å². The summed E-state index contributed by atoms with van der Waals surface area (Å²) < 4.78 is 10.4. The molecule has 2 aromatic rings. The zero-order chi connectivity index (χ0) is 14.5. The topological polar surface area (TPSA) is 93.6 Å². The lowest BCUT2D eigenvalue weighted by Crippen LogP contribution is -2.36. The van der Waals surface area contributed by atoms with Gasteiger partial charge in [0.15, 0.2) is 5.58 Å². The van der Waals surface area contributed by atoms with Crippen LogP contribution in [0.2, 0.25) is 0 Å². The van der Waals surface area contributed by atoms with Crippen LogP contribution >= 0.6 is 0 Å². The van der Waals surface area contributed by atoms with E-state index in [0.29, 0.717) is 36.0 Å². The van der Waals surface area contributed by atoms with Crippen molar-refractivity contribution in [1.82, 2.24) is 10.3 Å². The molecule has 0 saturated heterocycles. The highest BCUT2D eigenvalue weighted by molar-refractivity contribution is 5.82. The lowest BCUT2D eigenvalue weighted by atomic mass is 10.3. The molecule has 20 heavy (non-hydrogen) atoms. The summed E-state index contributed by atoms with van der Waals surface area (Å²) >= 11 is 0. The number of nitrogens with two attached hydrogens (primary N) is 1. The Balaban J connectivity index is 2.00. The summed E-state index contributed by atoms with van der Waals surface area (Å²) in [6.07, 6.45) is 0. The molecule has 0 atom stereocenters. The number of oxazole rings is 1. The average molecular weight is 278 g/mol. The van der Waals surface area contributed by atoms with E-state index in [4.69, 9.17) is 14.9 Å². The Bertz CT molecular complexity index is 596. The van der Waals surface area contributed by atoms with Crippen LogP contribution in [0, 0.1) is 0 Å². The number of benzene rings is 1. The summed E-state index contributed by atoms with van der Waals surface area (Å²) in [5.41, 5.74) is 7.60. The Morgan fingerprint density at radius 2 is 2.35 bits per heavy atom. The van der Waals surface area contributed by atoms with Gasteiger partial charge in [-0.15, -0.1) is 0 Å². The van der Waals surface area contributed by atoms with E-state index in [0.717, 1.165) is 0 Å². The third-order valence-electron chi connectivity index (χ3n) is 2.74. The fourth-order valence-electron chi connectivity index (χ4n) is 1.72. The van der Waals surface area contributed by atoms with E-state index in [1.54, 1.807) is 37.3 Å². The van der Waals surface area contributed by atoms with Crippen molar-refractivity contribution in [1.29, 1.82) is 0 Å². The quantitative estimate of drug-likeness (QED) is 0.594. The van der Waals surface area contributed by atoms with Crippen molar-refractivity contribution in [2.45, 2.75) is 0 Å². The molecule has 0 bridgehead atoms. The predicted molar refractivity (Wildman–Crippen MR) is 76.6 cm³/mol. The second-order valence-corrected chi connectivity index (χ2v) is 4.42. The first-order valence-corrected chi connectivity index (χ1v) is 6.23. The standard InChI is InChI=1S/C13H18N4O3/c1-17(8-12(18)15-5-6-19-2)13-16-10-4-3-9(14)7-11(10)20-13/h3-4,7H,5-6,8,14H2,1-2H3,(H,15,18). The molecule has 1 amide bonds. The van der Waals surface area contributed by atoms with Gasteiger partial charge in [0.2, 0.25) is 5.91 Å². The van der Waals surface area contributed by atoms with Gasteiger partial charge in [-0.3, -0.25) is 4.79 Å². The molecule has 0 aliphatic heterocycles. The molecule has 1 heterocycles. The van der Waals surface area contributed by atoms with Crippen LogP contribution in [0.4, 0.5) is 11.7 Å². The van der Waals surface area contributed by atoms with E-state index in [2.05, 4.69) is 10.3 Å². The normalized spacial score (nSPS) is 10.7. The summed E-state index contributed by atoms with van der Waals surface area (Å²) in [5, 5.41) is 2.73. The molecule has 1 aromatic heterocycles. The second kappa shape index (κ2) is 6.25. The largest absolute Gasteiger partial charge is 0.423 e. The van der Waals surface area contributed by atoms with Gasteiger partial charge in [0, 0.05) is 32.5 Å². The molecule has 108 valence electrons. The number of anilines is 2. The highest BCUT2D eigenvalue weighted by Crippen LogP contribution is 2.22. The first-order chi connectivity index (χ1) is 9.60. The van der Waals surface area contributed by atoms with Crippen LogP contribution in [0.5, 0.6) is 0 Å². The fraction of sp³-hybridized carbons (Fsp3) is 0.385. The van der Waals surface area contributed by atoms with Gasteiger partial charge in [-0.25, -0.2) is 0 Å². The summed E-state index contributed by atoms with van der Waals surface area (Å²) in [7, 11) is 3.33. The molecule has 0 aliphatic rings. The number of nitrogens with one attached hydrogen (secondary N) is 1. The lowest BCUT2D eigenvalue weighted by molar-refractivity contribution is -0.119. The van der Waals surface area contributed by atoms with Gasteiger partial charge in [-0.2, -0.15) is 4.98 Å². The monoisotopic (exact) mass is 278 g/mol. The Hall–Kier alpha value is -2.28.